The van der Waals surface area contributed by atoms with Crippen LogP contribution < -0.4 is 21.9 Å². The number of rotatable bonds is 5. The van der Waals surface area contributed by atoms with E-state index in [4.69, 9.17) is 21.9 Å². The highest BCUT2D eigenvalue weighted by Crippen LogP contribution is 2.31. The van der Waals surface area contributed by atoms with Crippen LogP contribution in [0.3, 0.4) is 0 Å². The molecule has 2 aromatic rings. The van der Waals surface area contributed by atoms with Crippen molar-refractivity contribution in [3.63, 3.8) is 0 Å². The Morgan fingerprint density at radius 1 is 1.28 bits per heavy atom. The smallest absolute Gasteiger partial charge is 0.250 e. The topological polar surface area (TPSA) is 108 Å². The fourth-order valence-corrected chi connectivity index (χ4v) is 3.15. The largest absolute Gasteiger partial charge is 0.447 e. The average molecular weight is 360 g/mol. The van der Waals surface area contributed by atoms with Gasteiger partial charge in [-0.05, 0) is 36.4 Å². The van der Waals surface area contributed by atoms with E-state index in [0.29, 0.717) is 22.9 Å². The van der Waals surface area contributed by atoms with Crippen molar-refractivity contribution in [2.75, 3.05) is 0 Å². The number of nitrogens with two attached hydrogens (primary N) is 3. The third-order valence-corrected chi connectivity index (χ3v) is 4.53. The second-order valence-corrected chi connectivity index (χ2v) is 6.71. The van der Waals surface area contributed by atoms with E-state index in [-0.39, 0.29) is 5.82 Å². The van der Waals surface area contributed by atoms with Crippen molar-refractivity contribution in [1.29, 1.82) is 0 Å². The summed E-state index contributed by atoms with van der Waals surface area (Å²) in [5.74, 6) is -1.74. The molecule has 6 nitrogen and oxygen atoms in total. The van der Waals surface area contributed by atoms with Gasteiger partial charge in [-0.25, -0.2) is 4.39 Å². The zero-order valence-corrected chi connectivity index (χ0v) is 14.0. The quantitative estimate of drug-likeness (QED) is 0.707. The SMILES string of the molecule is NC(=O)C1=CN(Cc2ccc(Oc3cccc(F)c3)s2)C(N)(N)C=C1. The molecule has 130 valence electrons. The highest BCUT2D eigenvalue weighted by molar-refractivity contribution is 7.13. The first-order chi connectivity index (χ1) is 11.8. The molecule has 8 heteroatoms. The lowest BCUT2D eigenvalue weighted by Gasteiger charge is -2.37. The molecule has 1 aromatic carbocycles. The van der Waals surface area contributed by atoms with Gasteiger partial charge >= 0.3 is 0 Å². The molecule has 0 aliphatic carbocycles. The minimum Gasteiger partial charge on any atom is -0.447 e. The normalized spacial score (nSPS) is 15.8. The third kappa shape index (κ3) is 4.05. The summed E-state index contributed by atoms with van der Waals surface area (Å²) in [7, 11) is 0. The number of halogens is 1. The van der Waals surface area contributed by atoms with Gasteiger partial charge in [-0.3, -0.25) is 16.3 Å². The van der Waals surface area contributed by atoms with Crippen molar-refractivity contribution < 1.29 is 13.9 Å². The number of amides is 1. The summed E-state index contributed by atoms with van der Waals surface area (Å²) in [6.07, 6.45) is 4.56. The number of carbonyl (C=O) groups is 1. The molecular formula is C17H17FN4O2S. The van der Waals surface area contributed by atoms with E-state index in [2.05, 4.69) is 0 Å². The van der Waals surface area contributed by atoms with E-state index in [1.165, 1.54) is 41.8 Å². The van der Waals surface area contributed by atoms with E-state index >= 15 is 0 Å². The number of carbonyl (C=O) groups excluding carboxylic acids is 1. The maximum atomic E-state index is 13.2. The number of ether oxygens (including phenoxy) is 1. The summed E-state index contributed by atoms with van der Waals surface area (Å²) in [5, 5.41) is 0.604. The first-order valence-corrected chi connectivity index (χ1v) is 8.23. The summed E-state index contributed by atoms with van der Waals surface area (Å²) < 4.78 is 18.8. The van der Waals surface area contributed by atoms with Crippen LogP contribution in [0.15, 0.2) is 60.3 Å². The highest BCUT2D eigenvalue weighted by atomic mass is 32.1. The predicted octanol–water partition coefficient (Wildman–Crippen LogP) is 1.99. The standard InChI is InChI=1S/C17H17FN4O2S/c18-12-2-1-3-13(8-12)24-15-5-4-14(25-15)10-22-9-11(16(19)23)6-7-17(22,20)21/h1-9H,10,20-21H2,(H2,19,23). The van der Waals surface area contributed by atoms with Crippen LogP contribution in [0.2, 0.25) is 0 Å². The molecule has 6 N–H and O–H groups in total. The minimum atomic E-state index is -1.23. The second-order valence-electron chi connectivity index (χ2n) is 5.58. The van der Waals surface area contributed by atoms with Gasteiger partial charge in [0.1, 0.15) is 11.6 Å². The molecule has 0 saturated heterocycles. The number of thiophene rings is 1. The Balaban J connectivity index is 1.74. The number of hydrogen-bond donors (Lipinski definition) is 3. The van der Waals surface area contributed by atoms with Crippen LogP contribution in [0.4, 0.5) is 4.39 Å². The molecule has 1 amide bonds. The Bertz CT molecular complexity index is 860. The molecule has 0 atom stereocenters. The first-order valence-electron chi connectivity index (χ1n) is 7.41. The Morgan fingerprint density at radius 2 is 2.08 bits per heavy atom. The lowest BCUT2D eigenvalue weighted by atomic mass is 10.1. The molecule has 1 aromatic heterocycles. The Morgan fingerprint density at radius 3 is 2.80 bits per heavy atom. The van der Waals surface area contributed by atoms with Crippen LogP contribution in [-0.4, -0.2) is 16.6 Å². The number of benzene rings is 1. The maximum Gasteiger partial charge on any atom is 0.250 e. The zero-order valence-electron chi connectivity index (χ0n) is 13.2. The summed E-state index contributed by atoms with van der Waals surface area (Å²) in [6, 6.07) is 9.53. The molecular weight excluding hydrogens is 343 g/mol. The molecule has 0 bridgehead atoms. The fraction of sp³-hybridized carbons (Fsp3) is 0.118. The van der Waals surface area contributed by atoms with Gasteiger partial charge in [-0.15, -0.1) is 11.3 Å². The van der Waals surface area contributed by atoms with Crippen LogP contribution in [0.5, 0.6) is 10.8 Å². The molecule has 2 heterocycles. The number of hydrogen-bond acceptors (Lipinski definition) is 6. The maximum absolute atomic E-state index is 13.2. The molecule has 0 saturated carbocycles. The van der Waals surface area contributed by atoms with Gasteiger partial charge in [0.05, 0.1) is 12.1 Å². The molecule has 0 spiro atoms. The van der Waals surface area contributed by atoms with E-state index < -0.39 is 11.7 Å². The van der Waals surface area contributed by atoms with E-state index in [9.17, 15) is 9.18 Å². The minimum absolute atomic E-state index is 0.319. The summed E-state index contributed by atoms with van der Waals surface area (Å²) in [6.45, 7) is 0.366. The van der Waals surface area contributed by atoms with Crippen LogP contribution in [0.25, 0.3) is 0 Å². The van der Waals surface area contributed by atoms with Crippen LogP contribution >= 0.6 is 11.3 Å². The molecule has 0 fully saturated rings. The van der Waals surface area contributed by atoms with Crippen LogP contribution in [-0.2, 0) is 11.3 Å². The van der Waals surface area contributed by atoms with Gasteiger partial charge < -0.3 is 15.4 Å². The average Bonchev–Trinajstić information content (AvgIpc) is 2.96. The van der Waals surface area contributed by atoms with Crippen molar-refractivity contribution in [2.24, 2.45) is 17.2 Å². The second kappa shape index (κ2) is 6.67. The first kappa shape index (κ1) is 17.2. The van der Waals surface area contributed by atoms with Crippen molar-refractivity contribution in [3.05, 3.63) is 71.0 Å². The summed E-state index contributed by atoms with van der Waals surface area (Å²) >= 11 is 1.37. The van der Waals surface area contributed by atoms with Gasteiger partial charge in [0.2, 0.25) is 5.91 Å². The number of nitrogens with zero attached hydrogens (tertiary/aromatic N) is 1. The van der Waals surface area contributed by atoms with E-state index in [1.54, 1.807) is 23.1 Å². The van der Waals surface area contributed by atoms with Gasteiger partial charge in [0.25, 0.3) is 0 Å². The molecule has 1 aliphatic rings. The lowest BCUT2D eigenvalue weighted by Crippen LogP contribution is -2.60. The molecule has 0 radical (unpaired) electrons. The molecule has 3 rings (SSSR count). The zero-order chi connectivity index (χ0) is 18.0. The van der Waals surface area contributed by atoms with Gasteiger partial charge in [-0.2, -0.15) is 0 Å². The predicted molar refractivity (Wildman–Crippen MR) is 93.9 cm³/mol. The van der Waals surface area contributed by atoms with Crippen molar-refractivity contribution in [2.45, 2.75) is 12.3 Å². The monoisotopic (exact) mass is 360 g/mol. The van der Waals surface area contributed by atoms with Gasteiger partial charge in [0, 0.05) is 17.1 Å². The van der Waals surface area contributed by atoms with Crippen molar-refractivity contribution in [1.82, 2.24) is 4.90 Å². The van der Waals surface area contributed by atoms with E-state index in [1.807, 2.05) is 6.07 Å². The Labute approximate surface area is 148 Å². The molecule has 0 unspecified atom stereocenters. The van der Waals surface area contributed by atoms with E-state index in [0.717, 1.165) is 4.88 Å². The Hall–Kier alpha value is -2.68. The fourth-order valence-electron chi connectivity index (χ4n) is 2.28. The van der Waals surface area contributed by atoms with Gasteiger partial charge in [-0.1, -0.05) is 6.07 Å². The lowest BCUT2D eigenvalue weighted by molar-refractivity contribution is -0.114. The van der Waals surface area contributed by atoms with Crippen LogP contribution in [0, 0.1) is 5.82 Å². The third-order valence-electron chi connectivity index (χ3n) is 3.58. The number of primary amides is 1. The molecule has 1 aliphatic heterocycles. The van der Waals surface area contributed by atoms with Crippen molar-refractivity contribution in [3.8, 4) is 10.8 Å². The van der Waals surface area contributed by atoms with Crippen molar-refractivity contribution >= 4 is 17.2 Å². The summed E-state index contributed by atoms with van der Waals surface area (Å²) in [4.78, 5) is 13.9. The Kier molecular flexibility index (Phi) is 4.58. The molecule has 25 heavy (non-hydrogen) atoms. The van der Waals surface area contributed by atoms with Crippen LogP contribution in [0.1, 0.15) is 4.88 Å². The highest BCUT2D eigenvalue weighted by Gasteiger charge is 2.27. The summed E-state index contributed by atoms with van der Waals surface area (Å²) in [5.41, 5.74) is 17.7. The van der Waals surface area contributed by atoms with Gasteiger partial charge in [0.15, 0.2) is 10.9 Å².